The number of allylic oxidation sites excluding steroid dienone is 1. The Hall–Kier alpha value is -2.62. The van der Waals surface area contributed by atoms with Crippen LogP contribution in [-0.2, 0) is 16.1 Å². The van der Waals surface area contributed by atoms with Crippen molar-refractivity contribution in [3.8, 4) is 0 Å². The smallest absolute Gasteiger partial charge is 0.294 e. The van der Waals surface area contributed by atoms with Crippen LogP contribution in [0.2, 0.25) is 0 Å². The average molecular weight is 517 g/mol. The van der Waals surface area contributed by atoms with Gasteiger partial charge in [-0.15, -0.1) is 0 Å². The lowest BCUT2D eigenvalue weighted by molar-refractivity contribution is -0.119. The van der Waals surface area contributed by atoms with E-state index in [9.17, 15) is 13.6 Å². The van der Waals surface area contributed by atoms with Crippen LogP contribution in [0.25, 0.3) is 0 Å². The zero-order valence-electron chi connectivity index (χ0n) is 20.9. The Labute approximate surface area is 216 Å². The van der Waals surface area contributed by atoms with Crippen molar-refractivity contribution < 1.29 is 18.3 Å². The zero-order valence-corrected chi connectivity index (χ0v) is 21.7. The molecular weight excluding hydrogens is 482 g/mol. The third-order valence-electron chi connectivity index (χ3n) is 6.67. The van der Waals surface area contributed by atoms with Crippen LogP contribution in [0.3, 0.4) is 0 Å². The van der Waals surface area contributed by atoms with Crippen LogP contribution >= 0.6 is 12.1 Å². The minimum atomic E-state index is -0.724. The highest BCUT2D eigenvalue weighted by Gasteiger charge is 2.29. The van der Waals surface area contributed by atoms with E-state index in [0.717, 1.165) is 82.3 Å². The van der Waals surface area contributed by atoms with E-state index in [2.05, 4.69) is 26.1 Å². The Bertz CT molecular complexity index is 1030. The van der Waals surface area contributed by atoms with Gasteiger partial charge >= 0.3 is 0 Å². The van der Waals surface area contributed by atoms with E-state index in [4.69, 9.17) is 4.74 Å². The van der Waals surface area contributed by atoms with E-state index in [-0.39, 0.29) is 17.6 Å². The number of ether oxygens (including phenoxy) is 1. The molecule has 0 aromatic heterocycles. The van der Waals surface area contributed by atoms with Gasteiger partial charge in [-0.3, -0.25) is 4.79 Å². The molecule has 2 aliphatic rings. The van der Waals surface area contributed by atoms with Crippen molar-refractivity contribution in [2.45, 2.75) is 45.3 Å². The average Bonchev–Trinajstić information content (AvgIpc) is 3.40. The minimum Gasteiger partial charge on any atom is -0.483 e. The van der Waals surface area contributed by atoms with Crippen molar-refractivity contribution in [2.24, 2.45) is 0 Å². The van der Waals surface area contributed by atoms with Gasteiger partial charge in [-0.25, -0.2) is 17.8 Å². The molecule has 1 saturated heterocycles. The monoisotopic (exact) mass is 516 g/mol. The topological polar surface area (TPSA) is 48.1 Å². The fourth-order valence-electron chi connectivity index (χ4n) is 4.53. The van der Waals surface area contributed by atoms with Crippen molar-refractivity contribution in [1.82, 2.24) is 13.9 Å². The number of rotatable bonds is 9. The van der Waals surface area contributed by atoms with Crippen LogP contribution in [0.1, 0.15) is 38.2 Å². The van der Waals surface area contributed by atoms with E-state index >= 15 is 0 Å². The Morgan fingerprint density at radius 2 is 1.69 bits per heavy atom. The van der Waals surface area contributed by atoms with Gasteiger partial charge in [0.05, 0.1) is 11.8 Å². The van der Waals surface area contributed by atoms with Gasteiger partial charge in [0, 0.05) is 63.7 Å². The van der Waals surface area contributed by atoms with Crippen molar-refractivity contribution in [2.75, 3.05) is 38.1 Å². The van der Waals surface area contributed by atoms with Crippen LogP contribution in [0, 0.1) is 11.6 Å². The van der Waals surface area contributed by atoms with Crippen LogP contribution in [0.15, 0.2) is 60.0 Å². The van der Waals surface area contributed by atoms with Gasteiger partial charge in [0.1, 0.15) is 11.6 Å². The maximum atomic E-state index is 13.8. The van der Waals surface area contributed by atoms with Gasteiger partial charge < -0.3 is 14.5 Å². The minimum absolute atomic E-state index is 0.0180. The number of halogens is 2. The van der Waals surface area contributed by atoms with Gasteiger partial charge in [0.15, 0.2) is 0 Å². The normalized spacial score (nSPS) is 17.7. The number of nitrogens with one attached hydrogen (secondary N) is 1. The molecular formula is C27H34F2N4O2S. The first-order valence-corrected chi connectivity index (χ1v) is 13.2. The molecule has 1 aliphatic heterocycles. The Kier molecular flexibility index (Phi) is 9.23. The molecule has 2 aromatic carbocycles. The maximum absolute atomic E-state index is 13.8. The van der Waals surface area contributed by atoms with Crippen molar-refractivity contribution in [3.05, 3.63) is 77.2 Å². The van der Waals surface area contributed by atoms with Gasteiger partial charge in [0.2, 0.25) is 5.76 Å². The third kappa shape index (κ3) is 6.99. The first-order valence-electron chi connectivity index (χ1n) is 12.5. The molecule has 0 unspecified atom stereocenters. The molecule has 2 fully saturated rings. The largest absolute Gasteiger partial charge is 0.483 e. The molecule has 1 heterocycles. The number of hydrogen-bond acceptors (Lipinski definition) is 6. The number of likely N-dealkylation sites (N-methyl/N-ethyl adjacent to an activating group) is 1. The molecule has 0 bridgehead atoms. The molecule has 9 heteroatoms. The summed E-state index contributed by atoms with van der Waals surface area (Å²) in [6.45, 7) is 5.81. The standard InChI is InChI=1S/C27H34F2N4O2S/c1-20(32-12-14-33(15-13-32)36-30-19-21-8-4-3-5-9-21)26(35-25-10-6-7-11-25)27(34)31(2)24-17-22(28)16-23(29)18-24/h3-5,8-9,16-18,25,30H,6-7,10-15,19H2,1-2H3/b26-20-. The maximum Gasteiger partial charge on any atom is 0.294 e. The highest BCUT2D eigenvalue weighted by molar-refractivity contribution is 7.95. The zero-order chi connectivity index (χ0) is 25.5. The lowest BCUT2D eigenvalue weighted by Gasteiger charge is -2.36. The molecule has 1 amide bonds. The molecule has 4 rings (SSSR count). The number of piperazine rings is 1. The summed E-state index contributed by atoms with van der Waals surface area (Å²) in [7, 11) is 1.52. The quantitative estimate of drug-likeness (QED) is 0.285. The number of hydrogen-bond donors (Lipinski definition) is 1. The Morgan fingerprint density at radius 3 is 2.33 bits per heavy atom. The molecule has 6 nitrogen and oxygen atoms in total. The summed E-state index contributed by atoms with van der Waals surface area (Å²) in [5.74, 6) is -1.58. The highest BCUT2D eigenvalue weighted by Crippen LogP contribution is 2.28. The van der Waals surface area contributed by atoms with Crippen molar-refractivity contribution in [3.63, 3.8) is 0 Å². The van der Waals surface area contributed by atoms with Gasteiger partial charge in [-0.05, 0) is 50.3 Å². The molecule has 36 heavy (non-hydrogen) atoms. The fraction of sp³-hybridized carbons (Fsp3) is 0.444. The number of carbonyl (C=O) groups excluding carboxylic acids is 1. The summed E-state index contributed by atoms with van der Waals surface area (Å²) in [5.41, 5.74) is 2.15. The van der Waals surface area contributed by atoms with Gasteiger partial charge in [0.25, 0.3) is 5.91 Å². The second-order valence-electron chi connectivity index (χ2n) is 9.24. The van der Waals surface area contributed by atoms with Crippen LogP contribution < -0.4 is 9.62 Å². The lowest BCUT2D eigenvalue weighted by atomic mass is 10.2. The molecule has 0 atom stereocenters. The second kappa shape index (κ2) is 12.6. The summed E-state index contributed by atoms with van der Waals surface area (Å²) in [5, 5.41) is 0. The fourth-order valence-corrected chi connectivity index (χ4v) is 5.29. The molecule has 1 N–H and O–H groups in total. The van der Waals surface area contributed by atoms with E-state index in [1.165, 1.54) is 17.5 Å². The van der Waals surface area contributed by atoms with E-state index < -0.39 is 17.5 Å². The molecule has 0 radical (unpaired) electrons. The summed E-state index contributed by atoms with van der Waals surface area (Å²) in [6, 6.07) is 13.4. The number of benzene rings is 2. The first kappa shape index (κ1) is 26.4. The highest BCUT2D eigenvalue weighted by atomic mass is 32.2. The van der Waals surface area contributed by atoms with Crippen LogP contribution in [0.5, 0.6) is 0 Å². The summed E-state index contributed by atoms with van der Waals surface area (Å²) >= 11 is 1.61. The van der Waals surface area contributed by atoms with Gasteiger partial charge in [-0.1, -0.05) is 30.3 Å². The number of amides is 1. The molecule has 2 aromatic rings. The predicted octanol–water partition coefficient (Wildman–Crippen LogP) is 5.09. The van der Waals surface area contributed by atoms with Crippen molar-refractivity contribution >= 4 is 23.7 Å². The summed E-state index contributed by atoms with van der Waals surface area (Å²) in [6.07, 6.45) is 3.93. The van der Waals surface area contributed by atoms with E-state index in [1.807, 2.05) is 25.1 Å². The van der Waals surface area contributed by atoms with Gasteiger partial charge in [-0.2, -0.15) is 0 Å². The summed E-state index contributed by atoms with van der Waals surface area (Å²) in [4.78, 5) is 17.0. The van der Waals surface area contributed by atoms with Crippen molar-refractivity contribution in [1.29, 1.82) is 0 Å². The summed E-state index contributed by atoms with van der Waals surface area (Å²) < 4.78 is 39.6. The number of anilines is 1. The second-order valence-corrected chi connectivity index (χ2v) is 10.2. The molecule has 1 aliphatic carbocycles. The number of carbonyl (C=O) groups is 1. The molecule has 1 saturated carbocycles. The third-order valence-corrected chi connectivity index (χ3v) is 7.57. The first-order chi connectivity index (χ1) is 17.4. The van der Waals surface area contributed by atoms with Crippen LogP contribution in [0.4, 0.5) is 14.5 Å². The Morgan fingerprint density at radius 1 is 1.06 bits per heavy atom. The van der Waals surface area contributed by atoms with E-state index in [0.29, 0.717) is 0 Å². The van der Waals surface area contributed by atoms with E-state index in [1.54, 1.807) is 12.1 Å². The number of nitrogens with zero attached hydrogens (tertiary/aromatic N) is 3. The lowest BCUT2D eigenvalue weighted by Crippen LogP contribution is -2.44. The SMILES string of the molecule is C/C(=C(/OC1CCCC1)C(=O)N(C)c1cc(F)cc(F)c1)N1CCN(SNCc2ccccc2)CC1. The molecule has 194 valence electrons. The van der Waals surface area contributed by atoms with Crippen LogP contribution in [-0.4, -0.2) is 54.4 Å². The Balaban J connectivity index is 1.42. The molecule has 0 spiro atoms. The predicted molar refractivity (Wildman–Crippen MR) is 140 cm³/mol.